The van der Waals surface area contributed by atoms with Crippen LogP contribution in [0.1, 0.15) is 11.1 Å². The third-order valence-electron chi connectivity index (χ3n) is 2.95. The van der Waals surface area contributed by atoms with E-state index in [1.807, 2.05) is 30.3 Å². The molecule has 0 aliphatic heterocycles. The molecule has 2 aromatic carbocycles. The minimum atomic E-state index is 0.417. The third-order valence-corrected chi connectivity index (χ3v) is 4.38. The van der Waals surface area contributed by atoms with Crippen LogP contribution in [0.2, 0.25) is 5.02 Å². The van der Waals surface area contributed by atoms with E-state index < -0.39 is 0 Å². The Morgan fingerprint density at radius 1 is 1.22 bits per heavy atom. The Morgan fingerprint density at radius 3 is 2.35 bits per heavy atom. The Labute approximate surface area is 157 Å². The highest BCUT2D eigenvalue weighted by Crippen LogP contribution is 2.36. The van der Waals surface area contributed by atoms with Crippen LogP contribution in [0.4, 0.5) is 0 Å². The van der Waals surface area contributed by atoms with Crippen LogP contribution in [0.15, 0.2) is 58.0 Å². The van der Waals surface area contributed by atoms with Crippen molar-refractivity contribution in [3.8, 4) is 11.8 Å². The van der Waals surface area contributed by atoms with E-state index in [4.69, 9.17) is 16.3 Å². The van der Waals surface area contributed by atoms with E-state index in [9.17, 15) is 5.26 Å². The van der Waals surface area contributed by atoms with E-state index in [1.54, 1.807) is 18.2 Å². The fourth-order valence-corrected chi connectivity index (χ4v) is 3.50. The van der Waals surface area contributed by atoms with Crippen molar-refractivity contribution in [1.29, 1.82) is 5.26 Å². The first-order chi connectivity index (χ1) is 11.0. The zero-order chi connectivity index (χ0) is 16.8. The monoisotopic (exact) mass is 451 g/mol. The molecule has 0 amide bonds. The molecule has 2 nitrogen and oxygen atoms in total. The SMILES string of the molecule is C=CCOc1c(Br)cc(/C=C(/C#N)c2ccc(Cl)cc2)cc1Br. The summed E-state index contributed by atoms with van der Waals surface area (Å²) in [5.41, 5.74) is 2.25. The van der Waals surface area contributed by atoms with Gasteiger partial charge in [0.05, 0.1) is 20.6 Å². The van der Waals surface area contributed by atoms with Crippen LogP contribution in [-0.2, 0) is 0 Å². The minimum absolute atomic E-state index is 0.417. The van der Waals surface area contributed by atoms with Gasteiger partial charge in [0.15, 0.2) is 0 Å². The molecular weight excluding hydrogens is 441 g/mol. The summed E-state index contributed by atoms with van der Waals surface area (Å²) in [5.74, 6) is 0.701. The lowest BCUT2D eigenvalue weighted by Crippen LogP contribution is -1.95. The fourth-order valence-electron chi connectivity index (χ4n) is 1.92. The average molecular weight is 454 g/mol. The second kappa shape index (κ2) is 8.35. The zero-order valence-corrected chi connectivity index (χ0v) is 16.0. The van der Waals surface area contributed by atoms with Gasteiger partial charge in [-0.2, -0.15) is 5.26 Å². The predicted octanol–water partition coefficient (Wildman–Crippen LogP) is 6.49. The minimum Gasteiger partial charge on any atom is -0.487 e. The molecule has 2 rings (SSSR count). The molecule has 0 radical (unpaired) electrons. The lowest BCUT2D eigenvalue weighted by Gasteiger charge is -2.10. The van der Waals surface area contributed by atoms with E-state index in [-0.39, 0.29) is 0 Å². The predicted molar refractivity (Wildman–Crippen MR) is 102 cm³/mol. The van der Waals surface area contributed by atoms with Gasteiger partial charge >= 0.3 is 0 Å². The van der Waals surface area contributed by atoms with Crippen LogP contribution in [0.25, 0.3) is 11.6 Å². The molecular formula is C18H12Br2ClNO. The first kappa shape index (κ1) is 17.8. The number of nitrogens with zero attached hydrogens (tertiary/aromatic N) is 1. The highest BCUT2D eigenvalue weighted by molar-refractivity contribution is 9.11. The maximum Gasteiger partial charge on any atom is 0.148 e. The summed E-state index contributed by atoms with van der Waals surface area (Å²) in [6.45, 7) is 4.05. The lowest BCUT2D eigenvalue weighted by molar-refractivity contribution is 0.358. The van der Waals surface area contributed by atoms with E-state index in [0.29, 0.717) is 23.0 Å². The van der Waals surface area contributed by atoms with Crippen LogP contribution in [0.5, 0.6) is 5.75 Å². The van der Waals surface area contributed by atoms with Gasteiger partial charge in [0.25, 0.3) is 0 Å². The standard InChI is InChI=1S/C18H12Br2ClNO/c1-2-7-23-18-16(19)9-12(10-17(18)20)8-14(11-22)13-3-5-15(21)6-4-13/h2-6,8-10H,1,7H2/b14-8-. The Bertz CT molecular complexity index is 769. The topological polar surface area (TPSA) is 33.0 Å². The number of halogens is 3. The number of rotatable bonds is 5. The van der Waals surface area contributed by atoms with Crippen molar-refractivity contribution in [2.24, 2.45) is 0 Å². The number of nitriles is 1. The molecule has 0 N–H and O–H groups in total. The Kier molecular flexibility index (Phi) is 6.47. The quantitative estimate of drug-likeness (QED) is 0.294. The molecule has 23 heavy (non-hydrogen) atoms. The second-order valence-electron chi connectivity index (χ2n) is 4.59. The molecule has 0 unspecified atom stereocenters. The summed E-state index contributed by atoms with van der Waals surface area (Å²) in [5, 5.41) is 10.0. The third kappa shape index (κ3) is 4.71. The van der Waals surface area contributed by atoms with Gasteiger partial charge < -0.3 is 4.74 Å². The molecule has 5 heteroatoms. The van der Waals surface area contributed by atoms with Gasteiger partial charge in [0, 0.05) is 5.02 Å². The van der Waals surface area contributed by atoms with Gasteiger partial charge in [-0.15, -0.1) is 0 Å². The summed E-state index contributed by atoms with van der Waals surface area (Å²) in [6, 6.07) is 13.2. The number of hydrogen-bond acceptors (Lipinski definition) is 2. The molecule has 0 heterocycles. The molecule has 2 aromatic rings. The zero-order valence-electron chi connectivity index (χ0n) is 12.0. The molecule has 0 saturated heterocycles. The van der Waals surface area contributed by atoms with Gasteiger partial charge in [-0.25, -0.2) is 0 Å². The molecule has 0 aromatic heterocycles. The smallest absolute Gasteiger partial charge is 0.148 e. The van der Waals surface area contributed by atoms with E-state index >= 15 is 0 Å². The number of hydrogen-bond donors (Lipinski definition) is 0. The summed E-state index contributed by atoms with van der Waals surface area (Å²) in [6.07, 6.45) is 3.50. The van der Waals surface area contributed by atoms with Crippen molar-refractivity contribution in [2.45, 2.75) is 0 Å². The van der Waals surface area contributed by atoms with Crippen LogP contribution < -0.4 is 4.74 Å². The van der Waals surface area contributed by atoms with Gasteiger partial charge in [-0.05, 0) is 73.3 Å². The van der Waals surface area contributed by atoms with E-state index in [2.05, 4.69) is 44.5 Å². The van der Waals surface area contributed by atoms with Crippen LogP contribution in [0.3, 0.4) is 0 Å². The number of benzene rings is 2. The first-order valence-corrected chi connectivity index (χ1v) is 8.62. The van der Waals surface area contributed by atoms with Crippen molar-refractivity contribution >= 4 is 55.1 Å². The van der Waals surface area contributed by atoms with E-state index in [0.717, 1.165) is 20.1 Å². The second-order valence-corrected chi connectivity index (χ2v) is 6.74. The van der Waals surface area contributed by atoms with Crippen LogP contribution in [0, 0.1) is 11.3 Å². The molecule has 0 bridgehead atoms. The van der Waals surface area contributed by atoms with Crippen molar-refractivity contribution < 1.29 is 4.74 Å². The van der Waals surface area contributed by atoms with Gasteiger partial charge in [0.1, 0.15) is 12.4 Å². The normalized spacial score (nSPS) is 11.0. The Balaban J connectivity index is 2.39. The average Bonchev–Trinajstić information content (AvgIpc) is 2.53. The van der Waals surface area contributed by atoms with Crippen molar-refractivity contribution in [1.82, 2.24) is 0 Å². The summed E-state index contributed by atoms with van der Waals surface area (Å²) < 4.78 is 7.19. The summed E-state index contributed by atoms with van der Waals surface area (Å²) >= 11 is 12.9. The van der Waals surface area contributed by atoms with Crippen molar-refractivity contribution in [3.63, 3.8) is 0 Å². The molecule has 0 aliphatic carbocycles. The van der Waals surface area contributed by atoms with Crippen molar-refractivity contribution in [3.05, 3.63) is 74.1 Å². The number of allylic oxidation sites excluding steroid dienone is 1. The lowest BCUT2D eigenvalue weighted by atomic mass is 10.0. The molecule has 116 valence electrons. The summed E-state index contributed by atoms with van der Waals surface area (Å²) in [4.78, 5) is 0. The highest BCUT2D eigenvalue weighted by atomic mass is 79.9. The van der Waals surface area contributed by atoms with Gasteiger partial charge in [-0.3, -0.25) is 0 Å². The maximum atomic E-state index is 9.41. The largest absolute Gasteiger partial charge is 0.487 e. The Morgan fingerprint density at radius 2 is 1.83 bits per heavy atom. The van der Waals surface area contributed by atoms with Gasteiger partial charge in [-0.1, -0.05) is 36.4 Å². The molecule has 0 atom stereocenters. The number of ether oxygens (including phenoxy) is 1. The van der Waals surface area contributed by atoms with Crippen LogP contribution in [-0.4, -0.2) is 6.61 Å². The first-order valence-electron chi connectivity index (χ1n) is 6.65. The molecule has 0 spiro atoms. The molecule has 0 aliphatic rings. The summed E-state index contributed by atoms with van der Waals surface area (Å²) in [7, 11) is 0. The van der Waals surface area contributed by atoms with Crippen LogP contribution >= 0.6 is 43.5 Å². The van der Waals surface area contributed by atoms with E-state index in [1.165, 1.54) is 0 Å². The molecule has 0 saturated carbocycles. The highest BCUT2D eigenvalue weighted by Gasteiger charge is 2.09. The van der Waals surface area contributed by atoms with Crippen molar-refractivity contribution in [2.75, 3.05) is 6.61 Å². The molecule has 0 fully saturated rings. The fraction of sp³-hybridized carbons (Fsp3) is 0.0556. The maximum absolute atomic E-state index is 9.41. The Hall–Kier alpha value is -1.54. The van der Waals surface area contributed by atoms with Gasteiger partial charge in [0.2, 0.25) is 0 Å².